The Labute approximate surface area is 307 Å². The molecule has 0 aliphatic heterocycles. The summed E-state index contributed by atoms with van der Waals surface area (Å²) in [6.45, 7) is 0. The molecule has 0 aliphatic carbocycles. The summed E-state index contributed by atoms with van der Waals surface area (Å²) >= 11 is 3.63. The van der Waals surface area contributed by atoms with Gasteiger partial charge >= 0.3 is 0 Å². The first-order valence-electron chi connectivity index (χ1n) is 17.4. The normalized spacial score (nSPS) is 11.8. The largest absolute Gasteiger partial charge is 0.247 e. The minimum absolute atomic E-state index is 0.745. The second-order valence-electron chi connectivity index (χ2n) is 13.1. The van der Waals surface area contributed by atoms with Crippen molar-refractivity contribution in [2.75, 3.05) is 0 Å². The van der Waals surface area contributed by atoms with Crippen LogP contribution in [0.5, 0.6) is 0 Å². The summed E-state index contributed by atoms with van der Waals surface area (Å²) in [5, 5.41) is 7.38. The van der Waals surface area contributed by atoms with Crippen LogP contribution in [0.3, 0.4) is 0 Å². The molecule has 0 bridgehead atoms. The quantitative estimate of drug-likeness (QED) is 0.172. The van der Waals surface area contributed by atoms with E-state index in [1.807, 2.05) is 29.5 Å². The van der Waals surface area contributed by atoms with Crippen molar-refractivity contribution >= 4 is 84.8 Å². The first-order valence-corrected chi connectivity index (χ1v) is 19.0. The lowest BCUT2D eigenvalue weighted by molar-refractivity contribution is 1.24. The zero-order chi connectivity index (χ0) is 34.2. The van der Waals surface area contributed by atoms with Gasteiger partial charge in [-0.15, -0.1) is 22.7 Å². The summed E-state index contributed by atoms with van der Waals surface area (Å²) in [6, 6.07) is 58.2. The molecule has 11 aromatic rings. The van der Waals surface area contributed by atoms with Crippen molar-refractivity contribution in [2.24, 2.45) is 0 Å². The molecule has 5 heteroatoms. The molecule has 4 aromatic heterocycles. The van der Waals surface area contributed by atoms with Crippen molar-refractivity contribution in [1.29, 1.82) is 0 Å². The molecule has 0 saturated heterocycles. The first kappa shape index (κ1) is 29.5. The standard InChI is InChI=1S/C47H27N3S2/c1-2-11-33(12-3-1)47-49-43(46-44(50-47)36-15-7-9-17-39(36)52-46)32-24-20-29(21-25-32)28-18-22-31(23-19-28)42-41-35-14-6-8-16-38(35)51-45(41)40-34-13-5-4-10-30(34)26-27-37(40)48-42/h1-27H. The van der Waals surface area contributed by atoms with Crippen LogP contribution in [0.2, 0.25) is 0 Å². The summed E-state index contributed by atoms with van der Waals surface area (Å²) < 4.78 is 4.91. The number of hydrogen-bond donors (Lipinski definition) is 0. The van der Waals surface area contributed by atoms with Crippen molar-refractivity contribution in [3.63, 3.8) is 0 Å². The Bertz CT molecular complexity index is 3160. The van der Waals surface area contributed by atoms with E-state index in [1.165, 1.54) is 46.4 Å². The number of aromatic nitrogens is 3. The Balaban J connectivity index is 1.01. The minimum atomic E-state index is 0.745. The zero-order valence-corrected chi connectivity index (χ0v) is 29.4. The van der Waals surface area contributed by atoms with E-state index < -0.39 is 0 Å². The van der Waals surface area contributed by atoms with Crippen LogP contribution in [0.4, 0.5) is 0 Å². The van der Waals surface area contributed by atoms with E-state index in [1.54, 1.807) is 11.3 Å². The lowest BCUT2D eigenvalue weighted by atomic mass is 9.97. The molecule has 11 rings (SSSR count). The molecule has 0 saturated carbocycles. The molecule has 0 aliphatic rings. The predicted octanol–water partition coefficient (Wildman–Crippen LogP) is 13.6. The van der Waals surface area contributed by atoms with E-state index in [-0.39, 0.29) is 0 Å². The maximum Gasteiger partial charge on any atom is 0.160 e. The van der Waals surface area contributed by atoms with E-state index in [0.29, 0.717) is 0 Å². The summed E-state index contributed by atoms with van der Waals surface area (Å²) in [5.74, 6) is 0.745. The maximum atomic E-state index is 5.36. The Morgan fingerprint density at radius 2 is 0.923 bits per heavy atom. The van der Waals surface area contributed by atoms with Gasteiger partial charge in [0.15, 0.2) is 5.82 Å². The SMILES string of the molecule is c1ccc(-c2nc(-c3ccc(-c4ccc(-c5nc6ccc7ccccc7c6c6sc7ccccc7c56)cc4)cc3)c3sc4ccccc4c3n2)cc1. The van der Waals surface area contributed by atoms with E-state index >= 15 is 0 Å². The number of nitrogens with zero attached hydrogens (tertiary/aromatic N) is 3. The van der Waals surface area contributed by atoms with Gasteiger partial charge in [0.2, 0.25) is 0 Å². The van der Waals surface area contributed by atoms with E-state index in [4.69, 9.17) is 15.0 Å². The van der Waals surface area contributed by atoms with E-state index in [2.05, 4.69) is 146 Å². The number of hydrogen-bond acceptors (Lipinski definition) is 5. The third-order valence-corrected chi connectivity index (χ3v) is 12.5. The Morgan fingerprint density at radius 1 is 0.346 bits per heavy atom. The Morgan fingerprint density at radius 3 is 1.67 bits per heavy atom. The fraction of sp³-hybridized carbons (Fsp3) is 0. The lowest BCUT2D eigenvalue weighted by Crippen LogP contribution is -1.93. The molecule has 52 heavy (non-hydrogen) atoms. The van der Waals surface area contributed by atoms with Crippen LogP contribution in [0.1, 0.15) is 0 Å². The van der Waals surface area contributed by atoms with Gasteiger partial charge in [-0.2, -0.15) is 0 Å². The lowest BCUT2D eigenvalue weighted by Gasteiger charge is -2.11. The topological polar surface area (TPSA) is 38.7 Å². The summed E-state index contributed by atoms with van der Waals surface area (Å²) in [7, 11) is 0. The molecule has 7 aromatic carbocycles. The zero-order valence-electron chi connectivity index (χ0n) is 27.7. The maximum absolute atomic E-state index is 5.36. The average molecular weight is 698 g/mol. The molecule has 0 atom stereocenters. The number of fused-ring (bicyclic) bond motifs is 10. The minimum Gasteiger partial charge on any atom is -0.247 e. The number of benzene rings is 7. The van der Waals surface area contributed by atoms with Gasteiger partial charge in [-0.1, -0.05) is 146 Å². The molecule has 0 radical (unpaired) electrons. The van der Waals surface area contributed by atoms with Crippen molar-refractivity contribution in [1.82, 2.24) is 15.0 Å². The molecule has 0 spiro atoms. The van der Waals surface area contributed by atoms with E-state index in [0.717, 1.165) is 60.8 Å². The van der Waals surface area contributed by atoms with Gasteiger partial charge in [-0.25, -0.2) is 15.0 Å². The second kappa shape index (κ2) is 11.6. The van der Waals surface area contributed by atoms with Gasteiger partial charge in [-0.3, -0.25) is 0 Å². The smallest absolute Gasteiger partial charge is 0.160 e. The van der Waals surface area contributed by atoms with Crippen LogP contribution in [0.25, 0.3) is 107 Å². The van der Waals surface area contributed by atoms with Gasteiger partial charge < -0.3 is 0 Å². The number of thiophene rings is 2. The Hall–Kier alpha value is -6.27. The molecular weight excluding hydrogens is 671 g/mol. The summed E-state index contributed by atoms with van der Waals surface area (Å²) in [4.78, 5) is 15.6. The van der Waals surface area contributed by atoms with Gasteiger partial charge in [0.05, 0.1) is 27.1 Å². The third kappa shape index (κ3) is 4.60. The monoisotopic (exact) mass is 697 g/mol. The number of pyridine rings is 1. The average Bonchev–Trinajstić information content (AvgIpc) is 3.80. The van der Waals surface area contributed by atoms with Gasteiger partial charge in [0.1, 0.15) is 0 Å². The van der Waals surface area contributed by atoms with Crippen molar-refractivity contribution in [2.45, 2.75) is 0 Å². The predicted molar refractivity (Wildman–Crippen MR) is 222 cm³/mol. The highest BCUT2D eigenvalue weighted by Gasteiger charge is 2.19. The second-order valence-corrected chi connectivity index (χ2v) is 15.2. The van der Waals surface area contributed by atoms with Crippen LogP contribution in [-0.2, 0) is 0 Å². The summed E-state index contributed by atoms with van der Waals surface area (Å²) in [6.07, 6.45) is 0. The van der Waals surface area contributed by atoms with Crippen LogP contribution in [0, 0.1) is 0 Å². The molecule has 0 amide bonds. The highest BCUT2D eigenvalue weighted by Crippen LogP contribution is 2.45. The third-order valence-electron chi connectivity index (χ3n) is 10.1. The fourth-order valence-corrected chi connectivity index (χ4v) is 10.0. The molecule has 0 fully saturated rings. The van der Waals surface area contributed by atoms with Crippen molar-refractivity contribution < 1.29 is 0 Å². The summed E-state index contributed by atoms with van der Waals surface area (Å²) in [5.41, 5.74) is 9.56. The highest BCUT2D eigenvalue weighted by molar-refractivity contribution is 7.27. The van der Waals surface area contributed by atoms with Crippen LogP contribution in [0.15, 0.2) is 164 Å². The van der Waals surface area contributed by atoms with Crippen LogP contribution < -0.4 is 0 Å². The molecule has 0 unspecified atom stereocenters. The molecule has 4 heterocycles. The molecule has 3 nitrogen and oxygen atoms in total. The van der Waals surface area contributed by atoms with E-state index in [9.17, 15) is 0 Å². The number of rotatable bonds is 4. The Kier molecular flexibility index (Phi) is 6.59. The van der Waals surface area contributed by atoms with Crippen molar-refractivity contribution in [3.05, 3.63) is 164 Å². The van der Waals surface area contributed by atoms with Gasteiger partial charge in [-0.05, 0) is 40.1 Å². The highest BCUT2D eigenvalue weighted by atomic mass is 32.1. The van der Waals surface area contributed by atoms with Gasteiger partial charge in [0, 0.05) is 52.3 Å². The van der Waals surface area contributed by atoms with Crippen LogP contribution >= 0.6 is 22.7 Å². The fourth-order valence-electron chi connectivity index (χ4n) is 7.58. The van der Waals surface area contributed by atoms with Crippen LogP contribution in [-0.4, -0.2) is 15.0 Å². The molecular formula is C47H27N3S2. The molecule has 242 valence electrons. The first-order chi connectivity index (χ1) is 25.8. The molecule has 0 N–H and O–H groups in total. The van der Waals surface area contributed by atoms with Gasteiger partial charge in [0.25, 0.3) is 0 Å². The van der Waals surface area contributed by atoms with Crippen molar-refractivity contribution in [3.8, 4) is 45.0 Å².